The van der Waals surface area contributed by atoms with Crippen molar-refractivity contribution in [1.29, 1.82) is 0 Å². The minimum atomic E-state index is -0.468. The van der Waals surface area contributed by atoms with Crippen LogP contribution in [0, 0.1) is 0 Å². The van der Waals surface area contributed by atoms with E-state index in [4.69, 9.17) is 15.2 Å². The van der Waals surface area contributed by atoms with Crippen molar-refractivity contribution in [3.05, 3.63) is 22.2 Å². The molecule has 0 aliphatic rings. The van der Waals surface area contributed by atoms with Gasteiger partial charge in [0.1, 0.15) is 16.0 Å². The molecule has 0 unspecified atom stereocenters. The van der Waals surface area contributed by atoms with E-state index in [0.29, 0.717) is 28.1 Å². The molecule has 1 amide bonds. The van der Waals surface area contributed by atoms with Crippen LogP contribution >= 0.6 is 28.3 Å². The Bertz CT molecular complexity index is 456. The highest BCUT2D eigenvalue weighted by molar-refractivity contribution is 9.10. The maximum absolute atomic E-state index is 12.2. The first-order chi connectivity index (χ1) is 8.84. The molecule has 0 aromatic heterocycles. The molecule has 0 atom stereocenters. The predicted octanol–water partition coefficient (Wildman–Crippen LogP) is 2.36. The lowest BCUT2D eigenvalue weighted by Gasteiger charge is -2.24. The Morgan fingerprint density at radius 1 is 1.30 bits per heavy atom. The van der Waals surface area contributed by atoms with Crippen LogP contribution in [0.15, 0.2) is 16.6 Å². The van der Waals surface area contributed by atoms with Crippen molar-refractivity contribution < 1.29 is 14.3 Å². The summed E-state index contributed by atoms with van der Waals surface area (Å²) in [5.74, 6) is 0.852. The first-order valence-corrected chi connectivity index (χ1v) is 6.58. The summed E-state index contributed by atoms with van der Waals surface area (Å²) in [7, 11) is 3.07. The van der Waals surface area contributed by atoms with Crippen LogP contribution < -0.4 is 20.5 Å². The van der Waals surface area contributed by atoms with Gasteiger partial charge in [0.05, 0.1) is 14.2 Å². The van der Waals surface area contributed by atoms with Gasteiger partial charge in [-0.3, -0.25) is 4.79 Å². The van der Waals surface area contributed by atoms with E-state index in [2.05, 4.69) is 21.2 Å². The summed E-state index contributed by atoms with van der Waals surface area (Å²) in [4.78, 5) is 12.2. The van der Waals surface area contributed by atoms with Gasteiger partial charge in [-0.2, -0.15) is 0 Å². The van der Waals surface area contributed by atoms with Gasteiger partial charge in [-0.25, -0.2) is 0 Å². The lowest BCUT2D eigenvalue weighted by atomic mass is 10.0. The van der Waals surface area contributed by atoms with E-state index < -0.39 is 5.54 Å². The largest absolute Gasteiger partial charge is 0.495 e. The number of nitrogens with one attached hydrogen (secondary N) is 1. The third kappa shape index (κ3) is 4.54. The lowest BCUT2D eigenvalue weighted by Crippen LogP contribution is -2.48. The zero-order chi connectivity index (χ0) is 14.6. The van der Waals surface area contributed by atoms with Crippen LogP contribution in [0.3, 0.4) is 0 Å². The molecule has 0 aliphatic carbocycles. The third-order valence-electron chi connectivity index (χ3n) is 2.67. The maximum atomic E-state index is 12.2. The second-order valence-electron chi connectivity index (χ2n) is 4.74. The Balaban J connectivity index is 0.00000361. The molecule has 3 N–H and O–H groups in total. The number of carbonyl (C=O) groups excluding carboxylic acids is 1. The van der Waals surface area contributed by atoms with Gasteiger partial charge in [-0.05, 0) is 41.9 Å². The fraction of sp³-hybridized carbons (Fsp3) is 0.462. The summed E-state index contributed by atoms with van der Waals surface area (Å²) in [6.45, 7) is 4.07. The number of hydrogen-bond acceptors (Lipinski definition) is 4. The molecule has 1 aromatic rings. The highest BCUT2D eigenvalue weighted by Crippen LogP contribution is 2.35. The summed E-state index contributed by atoms with van der Waals surface area (Å²) in [6, 6.07) is 3.29. The molecule has 0 saturated heterocycles. The van der Waals surface area contributed by atoms with Gasteiger partial charge in [-0.15, -0.1) is 12.4 Å². The normalized spacial score (nSPS) is 10.5. The van der Waals surface area contributed by atoms with Crippen LogP contribution in [0.2, 0.25) is 0 Å². The molecule has 7 heteroatoms. The number of halogens is 2. The van der Waals surface area contributed by atoms with Crippen molar-refractivity contribution in [2.45, 2.75) is 19.4 Å². The van der Waals surface area contributed by atoms with Crippen LogP contribution in [0.25, 0.3) is 0 Å². The molecular formula is C13H20BrClN2O3. The Hall–Kier alpha value is -0.980. The molecule has 0 bridgehead atoms. The van der Waals surface area contributed by atoms with E-state index in [1.807, 2.05) is 13.8 Å². The summed E-state index contributed by atoms with van der Waals surface area (Å²) < 4.78 is 11.1. The van der Waals surface area contributed by atoms with E-state index in [0.717, 1.165) is 0 Å². The summed E-state index contributed by atoms with van der Waals surface area (Å²) in [5, 5.41) is 2.85. The zero-order valence-corrected chi connectivity index (χ0v) is 14.4. The van der Waals surface area contributed by atoms with Gasteiger partial charge < -0.3 is 20.5 Å². The molecule has 0 radical (unpaired) electrons. The first-order valence-electron chi connectivity index (χ1n) is 5.78. The molecule has 0 fully saturated rings. The van der Waals surface area contributed by atoms with Crippen molar-refractivity contribution in [2.75, 3.05) is 20.8 Å². The number of nitrogens with two attached hydrogens (primary N) is 1. The molecular weight excluding hydrogens is 348 g/mol. The van der Waals surface area contributed by atoms with E-state index in [-0.39, 0.29) is 18.3 Å². The van der Waals surface area contributed by atoms with Crippen LogP contribution in [-0.2, 0) is 0 Å². The average molecular weight is 368 g/mol. The monoisotopic (exact) mass is 366 g/mol. The van der Waals surface area contributed by atoms with Crippen molar-refractivity contribution in [1.82, 2.24) is 5.32 Å². The molecule has 0 saturated carbocycles. The number of amides is 1. The van der Waals surface area contributed by atoms with E-state index >= 15 is 0 Å². The van der Waals surface area contributed by atoms with Crippen molar-refractivity contribution in [2.24, 2.45) is 5.73 Å². The minimum absolute atomic E-state index is 0. The van der Waals surface area contributed by atoms with Crippen molar-refractivity contribution in [3.8, 4) is 11.5 Å². The molecule has 1 rings (SSSR count). The lowest BCUT2D eigenvalue weighted by molar-refractivity contribution is 0.0915. The topological polar surface area (TPSA) is 73.6 Å². The van der Waals surface area contributed by atoms with Crippen molar-refractivity contribution >= 4 is 34.2 Å². The van der Waals surface area contributed by atoms with Crippen molar-refractivity contribution in [3.63, 3.8) is 0 Å². The Morgan fingerprint density at radius 2 is 1.75 bits per heavy atom. The summed E-state index contributed by atoms with van der Waals surface area (Å²) >= 11 is 3.36. The van der Waals surface area contributed by atoms with E-state index in [1.54, 1.807) is 12.1 Å². The second-order valence-corrected chi connectivity index (χ2v) is 5.53. The van der Waals surface area contributed by atoms with Crippen LogP contribution in [0.1, 0.15) is 24.2 Å². The highest BCUT2D eigenvalue weighted by Gasteiger charge is 2.21. The van der Waals surface area contributed by atoms with Gasteiger partial charge >= 0.3 is 0 Å². The minimum Gasteiger partial charge on any atom is -0.495 e. The highest BCUT2D eigenvalue weighted by atomic mass is 79.9. The standard InChI is InChI=1S/C13H19BrN2O3.ClH/c1-13(2,7-15)16-12(17)8-5-9(18-3)11(14)10(6-8)19-4;/h5-6H,7,15H2,1-4H3,(H,16,17);1H. The number of methoxy groups -OCH3 is 2. The SMILES string of the molecule is COc1cc(C(=O)NC(C)(C)CN)cc(OC)c1Br.Cl. The smallest absolute Gasteiger partial charge is 0.252 e. The van der Waals surface area contributed by atoms with Crippen LogP contribution in [-0.4, -0.2) is 32.2 Å². The van der Waals surface area contributed by atoms with Crippen LogP contribution in [0.5, 0.6) is 11.5 Å². The predicted molar refractivity (Wildman–Crippen MR) is 85.1 cm³/mol. The van der Waals surface area contributed by atoms with Crippen LogP contribution in [0.4, 0.5) is 0 Å². The molecule has 114 valence electrons. The molecule has 5 nitrogen and oxygen atoms in total. The molecule has 0 heterocycles. The summed E-state index contributed by atoms with van der Waals surface area (Å²) in [6.07, 6.45) is 0. The Kier molecular flexibility index (Phi) is 7.33. The first kappa shape index (κ1) is 19.0. The molecule has 0 aliphatic heterocycles. The summed E-state index contributed by atoms with van der Waals surface area (Å²) in [5.41, 5.74) is 5.59. The van der Waals surface area contributed by atoms with Gasteiger partial charge in [-0.1, -0.05) is 0 Å². The fourth-order valence-electron chi connectivity index (χ4n) is 1.43. The zero-order valence-electron chi connectivity index (χ0n) is 12.0. The maximum Gasteiger partial charge on any atom is 0.252 e. The quantitative estimate of drug-likeness (QED) is 0.838. The number of ether oxygens (including phenoxy) is 2. The van der Waals surface area contributed by atoms with Gasteiger partial charge in [0, 0.05) is 17.6 Å². The Labute approximate surface area is 133 Å². The van der Waals surface area contributed by atoms with E-state index in [9.17, 15) is 4.79 Å². The molecule has 1 aromatic carbocycles. The van der Waals surface area contributed by atoms with Gasteiger partial charge in [0.15, 0.2) is 0 Å². The number of rotatable bonds is 5. The van der Waals surface area contributed by atoms with E-state index in [1.165, 1.54) is 14.2 Å². The number of carbonyl (C=O) groups is 1. The Morgan fingerprint density at radius 3 is 2.10 bits per heavy atom. The number of hydrogen-bond donors (Lipinski definition) is 2. The average Bonchev–Trinajstić information content (AvgIpc) is 2.38. The van der Waals surface area contributed by atoms with Gasteiger partial charge in [0.25, 0.3) is 5.91 Å². The second kappa shape index (κ2) is 7.71. The van der Waals surface area contributed by atoms with Gasteiger partial charge in [0.2, 0.25) is 0 Å². The molecule has 20 heavy (non-hydrogen) atoms. The fourth-order valence-corrected chi connectivity index (χ4v) is 1.98. The third-order valence-corrected chi connectivity index (χ3v) is 3.45. The molecule has 0 spiro atoms. The number of benzene rings is 1.